The van der Waals surface area contributed by atoms with Gasteiger partial charge in [-0.3, -0.25) is 4.79 Å². The summed E-state index contributed by atoms with van der Waals surface area (Å²) in [7, 11) is 0. The zero-order chi connectivity index (χ0) is 17.5. The van der Waals surface area contributed by atoms with E-state index < -0.39 is 0 Å². The molecule has 1 N–H and O–H groups in total. The Morgan fingerprint density at radius 1 is 0.917 bits per heavy atom. The normalized spacial score (nSPS) is 13.5. The van der Waals surface area contributed by atoms with Gasteiger partial charge in [-0.2, -0.15) is 0 Å². The van der Waals surface area contributed by atoms with E-state index in [1.807, 2.05) is 25.1 Å². The van der Waals surface area contributed by atoms with Gasteiger partial charge >= 0.3 is 0 Å². The van der Waals surface area contributed by atoms with E-state index in [0.29, 0.717) is 5.92 Å². The topological polar surface area (TPSA) is 29.1 Å². The zero-order valence-corrected chi connectivity index (χ0v) is 15.3. The minimum atomic E-state index is -0.143. The Bertz CT molecular complexity index is 631. The summed E-state index contributed by atoms with van der Waals surface area (Å²) in [5.41, 5.74) is 3.56. The smallest absolute Gasteiger partial charge is 0.227 e. The van der Waals surface area contributed by atoms with Crippen LogP contribution >= 0.6 is 0 Å². The zero-order valence-electron chi connectivity index (χ0n) is 15.3. The Hall–Kier alpha value is -2.09. The fraction of sp³-hybridized carbons (Fsp3) is 0.409. The van der Waals surface area contributed by atoms with Crippen molar-refractivity contribution in [1.82, 2.24) is 5.32 Å². The van der Waals surface area contributed by atoms with Gasteiger partial charge in [-0.15, -0.1) is 0 Å². The van der Waals surface area contributed by atoms with E-state index in [-0.39, 0.29) is 17.9 Å². The third-order valence-corrected chi connectivity index (χ3v) is 4.44. The minimum absolute atomic E-state index is 0.0707. The van der Waals surface area contributed by atoms with Crippen molar-refractivity contribution in [2.45, 2.75) is 52.5 Å². The molecule has 0 spiro atoms. The van der Waals surface area contributed by atoms with Crippen LogP contribution in [-0.2, 0) is 11.2 Å². The minimum Gasteiger partial charge on any atom is -0.349 e. The molecule has 2 unspecified atom stereocenters. The lowest BCUT2D eigenvalue weighted by atomic mass is 9.95. The van der Waals surface area contributed by atoms with Crippen molar-refractivity contribution in [3.63, 3.8) is 0 Å². The van der Waals surface area contributed by atoms with Gasteiger partial charge in [-0.1, -0.05) is 75.4 Å². The van der Waals surface area contributed by atoms with Crippen molar-refractivity contribution in [1.29, 1.82) is 0 Å². The molecule has 0 aliphatic carbocycles. The van der Waals surface area contributed by atoms with Crippen LogP contribution in [0.4, 0.5) is 0 Å². The summed E-state index contributed by atoms with van der Waals surface area (Å²) in [6.07, 6.45) is 1.96. The number of nitrogens with one attached hydrogen (secondary N) is 1. The molecule has 0 bridgehead atoms. The van der Waals surface area contributed by atoms with E-state index in [4.69, 9.17) is 0 Å². The highest BCUT2D eigenvalue weighted by Gasteiger charge is 2.19. The van der Waals surface area contributed by atoms with Gasteiger partial charge in [0.05, 0.1) is 12.0 Å². The van der Waals surface area contributed by atoms with Gasteiger partial charge < -0.3 is 5.32 Å². The Morgan fingerprint density at radius 2 is 1.54 bits per heavy atom. The van der Waals surface area contributed by atoms with Crippen LogP contribution in [0, 0.1) is 5.92 Å². The highest BCUT2D eigenvalue weighted by molar-refractivity contribution is 5.83. The van der Waals surface area contributed by atoms with Crippen molar-refractivity contribution in [3.05, 3.63) is 71.3 Å². The molecule has 2 aromatic rings. The van der Waals surface area contributed by atoms with Crippen LogP contribution in [0.2, 0.25) is 0 Å². The van der Waals surface area contributed by atoms with Gasteiger partial charge in [0.1, 0.15) is 0 Å². The van der Waals surface area contributed by atoms with Crippen molar-refractivity contribution in [2.24, 2.45) is 5.92 Å². The van der Waals surface area contributed by atoms with E-state index in [1.165, 1.54) is 5.56 Å². The SMILES string of the molecule is CCC(NC(=O)C(C)c1ccc(CC(C)C)cc1)c1ccccc1. The molecule has 0 heterocycles. The fourth-order valence-corrected chi connectivity index (χ4v) is 2.97. The van der Waals surface area contributed by atoms with E-state index in [9.17, 15) is 4.79 Å². The molecule has 128 valence electrons. The molecule has 24 heavy (non-hydrogen) atoms. The lowest BCUT2D eigenvalue weighted by Crippen LogP contribution is -2.31. The molecule has 0 fully saturated rings. The van der Waals surface area contributed by atoms with Crippen LogP contribution in [0.1, 0.15) is 62.8 Å². The summed E-state index contributed by atoms with van der Waals surface area (Å²) in [5.74, 6) is 0.589. The number of hydrogen-bond donors (Lipinski definition) is 1. The third kappa shape index (κ3) is 4.95. The Labute approximate surface area is 146 Å². The Kier molecular flexibility index (Phi) is 6.60. The first kappa shape index (κ1) is 18.3. The first-order valence-electron chi connectivity index (χ1n) is 8.95. The van der Waals surface area contributed by atoms with Crippen LogP contribution in [0.5, 0.6) is 0 Å². The summed E-state index contributed by atoms with van der Waals surface area (Å²) in [6, 6.07) is 18.7. The van der Waals surface area contributed by atoms with E-state index in [1.54, 1.807) is 0 Å². The number of benzene rings is 2. The second-order valence-corrected chi connectivity index (χ2v) is 6.94. The number of rotatable bonds is 7. The summed E-state index contributed by atoms with van der Waals surface area (Å²) < 4.78 is 0. The van der Waals surface area contributed by atoms with Crippen LogP contribution in [-0.4, -0.2) is 5.91 Å². The van der Waals surface area contributed by atoms with Gasteiger partial charge in [0.2, 0.25) is 5.91 Å². The number of amides is 1. The van der Waals surface area contributed by atoms with Gasteiger partial charge in [0.15, 0.2) is 0 Å². The van der Waals surface area contributed by atoms with E-state index >= 15 is 0 Å². The quantitative estimate of drug-likeness (QED) is 0.740. The van der Waals surface area contributed by atoms with Crippen LogP contribution in [0.25, 0.3) is 0 Å². The number of carbonyl (C=O) groups is 1. The number of carbonyl (C=O) groups excluding carboxylic acids is 1. The fourth-order valence-electron chi connectivity index (χ4n) is 2.97. The maximum atomic E-state index is 12.6. The molecule has 0 saturated carbocycles. The summed E-state index contributed by atoms with van der Waals surface area (Å²) in [5, 5.41) is 3.19. The van der Waals surface area contributed by atoms with Gasteiger partial charge in [-0.25, -0.2) is 0 Å². The molecule has 0 aliphatic heterocycles. The monoisotopic (exact) mass is 323 g/mol. The maximum Gasteiger partial charge on any atom is 0.227 e. The Balaban J connectivity index is 2.03. The molecule has 2 rings (SSSR count). The molecule has 0 aliphatic rings. The highest BCUT2D eigenvalue weighted by Crippen LogP contribution is 2.21. The molecule has 2 atom stereocenters. The van der Waals surface area contributed by atoms with Gasteiger partial charge in [-0.05, 0) is 42.4 Å². The van der Waals surface area contributed by atoms with E-state index in [0.717, 1.165) is 24.0 Å². The van der Waals surface area contributed by atoms with Crippen LogP contribution in [0.15, 0.2) is 54.6 Å². The molecule has 2 aromatic carbocycles. The predicted octanol–water partition coefficient (Wildman–Crippen LogP) is 5.26. The second kappa shape index (κ2) is 8.68. The van der Waals surface area contributed by atoms with Gasteiger partial charge in [0.25, 0.3) is 0 Å². The van der Waals surface area contributed by atoms with Gasteiger partial charge in [0, 0.05) is 0 Å². The summed E-state index contributed by atoms with van der Waals surface area (Å²) >= 11 is 0. The second-order valence-electron chi connectivity index (χ2n) is 6.94. The average molecular weight is 323 g/mol. The molecule has 0 aromatic heterocycles. The lowest BCUT2D eigenvalue weighted by molar-refractivity contribution is -0.123. The first-order chi connectivity index (χ1) is 11.5. The molecular formula is C22H29NO. The van der Waals surface area contributed by atoms with Crippen molar-refractivity contribution in [2.75, 3.05) is 0 Å². The molecule has 0 radical (unpaired) electrons. The predicted molar refractivity (Wildman–Crippen MR) is 101 cm³/mol. The third-order valence-electron chi connectivity index (χ3n) is 4.44. The van der Waals surface area contributed by atoms with Crippen LogP contribution in [0.3, 0.4) is 0 Å². The van der Waals surface area contributed by atoms with Crippen molar-refractivity contribution >= 4 is 5.91 Å². The summed E-state index contributed by atoms with van der Waals surface area (Å²) in [6.45, 7) is 8.52. The average Bonchev–Trinajstić information content (AvgIpc) is 2.59. The van der Waals surface area contributed by atoms with Crippen molar-refractivity contribution in [3.8, 4) is 0 Å². The molecule has 2 nitrogen and oxygen atoms in total. The summed E-state index contributed by atoms with van der Waals surface area (Å²) in [4.78, 5) is 12.6. The molecular weight excluding hydrogens is 294 g/mol. The first-order valence-corrected chi connectivity index (χ1v) is 8.95. The highest BCUT2D eigenvalue weighted by atomic mass is 16.1. The van der Waals surface area contributed by atoms with Crippen molar-refractivity contribution < 1.29 is 4.79 Å². The van der Waals surface area contributed by atoms with Crippen LogP contribution < -0.4 is 5.32 Å². The van der Waals surface area contributed by atoms with E-state index in [2.05, 4.69) is 62.5 Å². The maximum absolute atomic E-state index is 12.6. The lowest BCUT2D eigenvalue weighted by Gasteiger charge is -2.20. The molecule has 1 amide bonds. The standard InChI is InChI=1S/C22H29NO/c1-5-21(20-9-7-6-8-10-20)23-22(24)17(4)19-13-11-18(12-14-19)15-16(2)3/h6-14,16-17,21H,5,15H2,1-4H3,(H,23,24). The largest absolute Gasteiger partial charge is 0.349 e. The number of hydrogen-bond acceptors (Lipinski definition) is 1. The molecule has 0 saturated heterocycles. The Morgan fingerprint density at radius 3 is 2.08 bits per heavy atom. The molecule has 2 heteroatoms.